The molecule has 2 aliphatic heterocycles. The molecule has 0 aromatic heterocycles. The molecule has 4 nitrogen and oxygen atoms in total. The van der Waals surface area contributed by atoms with Crippen LogP contribution in [0, 0.1) is 5.92 Å². The predicted molar refractivity (Wildman–Crippen MR) is 74.8 cm³/mol. The van der Waals surface area contributed by atoms with Crippen LogP contribution < -0.4 is 5.73 Å². The van der Waals surface area contributed by atoms with Crippen LogP contribution in [0.25, 0.3) is 0 Å². The van der Waals surface area contributed by atoms with E-state index in [0.717, 1.165) is 24.3 Å². The van der Waals surface area contributed by atoms with Crippen molar-refractivity contribution in [1.82, 2.24) is 4.90 Å². The van der Waals surface area contributed by atoms with Gasteiger partial charge in [-0.3, -0.25) is 0 Å². The monoisotopic (exact) mass is 272 g/mol. The van der Waals surface area contributed by atoms with E-state index in [1.165, 1.54) is 0 Å². The van der Waals surface area contributed by atoms with Gasteiger partial charge in [-0.05, 0) is 51.0 Å². The second kappa shape index (κ2) is 5.29. The van der Waals surface area contributed by atoms with Gasteiger partial charge in [0.15, 0.2) is 0 Å². The molecule has 0 bridgehead atoms. The Hall–Kier alpha value is -0.420. The highest BCUT2D eigenvalue weighted by Crippen LogP contribution is 2.34. The van der Waals surface area contributed by atoms with Crippen LogP contribution in [0.2, 0.25) is 0 Å². The number of thioether (sulfide) groups is 1. The van der Waals surface area contributed by atoms with Crippen molar-refractivity contribution in [1.29, 1.82) is 0 Å². The fourth-order valence-electron chi connectivity index (χ4n) is 2.85. The Morgan fingerprint density at radius 1 is 1.33 bits per heavy atom. The second-order valence-electron chi connectivity index (χ2n) is 6.22. The Balaban J connectivity index is 2.06. The van der Waals surface area contributed by atoms with Crippen molar-refractivity contribution in [2.24, 2.45) is 11.7 Å². The van der Waals surface area contributed by atoms with Gasteiger partial charge in [0, 0.05) is 18.6 Å². The van der Waals surface area contributed by atoms with E-state index in [0.29, 0.717) is 12.5 Å². The third kappa shape index (κ3) is 3.12. The van der Waals surface area contributed by atoms with Crippen LogP contribution in [0.1, 0.15) is 33.6 Å². The van der Waals surface area contributed by atoms with Crippen molar-refractivity contribution in [2.75, 3.05) is 18.1 Å². The molecule has 1 amide bonds. The third-order valence-corrected chi connectivity index (χ3v) is 4.68. The molecule has 3 unspecified atom stereocenters. The lowest BCUT2D eigenvalue weighted by molar-refractivity contribution is 0.0205. The third-order valence-electron chi connectivity index (χ3n) is 3.63. The second-order valence-corrected chi connectivity index (χ2v) is 7.44. The van der Waals surface area contributed by atoms with Gasteiger partial charge in [0.1, 0.15) is 5.60 Å². The molecule has 5 heteroatoms. The van der Waals surface area contributed by atoms with E-state index in [-0.39, 0.29) is 18.2 Å². The molecule has 2 heterocycles. The number of fused-ring (bicyclic) bond motifs is 1. The van der Waals surface area contributed by atoms with Crippen LogP contribution in [0.15, 0.2) is 0 Å². The molecule has 2 saturated heterocycles. The van der Waals surface area contributed by atoms with E-state index in [4.69, 9.17) is 10.5 Å². The SMILES string of the molecule is CC(C)(C)OC(=O)N1CC(N)C2CCSCCC21. The van der Waals surface area contributed by atoms with E-state index < -0.39 is 5.60 Å². The summed E-state index contributed by atoms with van der Waals surface area (Å²) in [6.07, 6.45) is 1.97. The molecule has 0 aromatic carbocycles. The zero-order valence-corrected chi connectivity index (χ0v) is 12.3. The maximum Gasteiger partial charge on any atom is 0.410 e. The van der Waals surface area contributed by atoms with E-state index in [2.05, 4.69) is 0 Å². The van der Waals surface area contributed by atoms with Gasteiger partial charge in [0.2, 0.25) is 0 Å². The number of amides is 1. The van der Waals surface area contributed by atoms with Gasteiger partial charge in [-0.25, -0.2) is 4.79 Å². The molecule has 18 heavy (non-hydrogen) atoms. The zero-order valence-electron chi connectivity index (χ0n) is 11.5. The first-order chi connectivity index (χ1) is 8.38. The minimum atomic E-state index is -0.432. The summed E-state index contributed by atoms with van der Waals surface area (Å²) in [5, 5.41) is 0. The van der Waals surface area contributed by atoms with Crippen LogP contribution >= 0.6 is 11.8 Å². The fourth-order valence-corrected chi connectivity index (χ4v) is 3.90. The lowest BCUT2D eigenvalue weighted by Gasteiger charge is -2.29. The first-order valence-corrected chi connectivity index (χ1v) is 7.87. The standard InChI is InChI=1S/C13H24N2O2S/c1-13(2,3)17-12(16)15-8-10(14)9-4-6-18-7-5-11(9)15/h9-11H,4-8,14H2,1-3H3. The van der Waals surface area contributed by atoms with Gasteiger partial charge in [0.05, 0.1) is 0 Å². The first-order valence-electron chi connectivity index (χ1n) is 6.71. The van der Waals surface area contributed by atoms with Crippen molar-refractivity contribution in [3.05, 3.63) is 0 Å². The Kier molecular flexibility index (Phi) is 4.11. The molecule has 104 valence electrons. The van der Waals surface area contributed by atoms with Gasteiger partial charge in [-0.2, -0.15) is 11.8 Å². The molecule has 0 spiro atoms. The van der Waals surface area contributed by atoms with Crippen LogP contribution in [0.5, 0.6) is 0 Å². The molecule has 2 N–H and O–H groups in total. The molecule has 0 saturated carbocycles. The van der Waals surface area contributed by atoms with Crippen molar-refractivity contribution in [3.8, 4) is 0 Å². The highest BCUT2D eigenvalue weighted by Gasteiger charge is 2.43. The van der Waals surface area contributed by atoms with E-state index in [1.54, 1.807) is 0 Å². The normalized spacial score (nSPS) is 32.9. The van der Waals surface area contributed by atoms with Crippen molar-refractivity contribution in [2.45, 2.75) is 51.3 Å². The Bertz CT molecular complexity index is 317. The molecule has 3 atom stereocenters. The van der Waals surface area contributed by atoms with Gasteiger partial charge < -0.3 is 15.4 Å². The van der Waals surface area contributed by atoms with Crippen LogP contribution in [-0.4, -0.2) is 46.7 Å². The average Bonchev–Trinajstić information content (AvgIpc) is 2.46. The van der Waals surface area contributed by atoms with Gasteiger partial charge in [0.25, 0.3) is 0 Å². The highest BCUT2D eigenvalue weighted by molar-refractivity contribution is 7.99. The first kappa shape index (κ1) is 14.0. The summed E-state index contributed by atoms with van der Waals surface area (Å²) in [4.78, 5) is 14.1. The Morgan fingerprint density at radius 2 is 2.00 bits per heavy atom. The summed E-state index contributed by atoms with van der Waals surface area (Å²) in [6.45, 7) is 6.36. The number of carbonyl (C=O) groups excluding carboxylic acids is 1. The summed E-state index contributed by atoms with van der Waals surface area (Å²) in [5.74, 6) is 2.73. The predicted octanol–water partition coefficient (Wildman–Crippen LogP) is 2.08. The lowest BCUT2D eigenvalue weighted by Crippen LogP contribution is -2.41. The molecule has 0 radical (unpaired) electrons. The van der Waals surface area contributed by atoms with Gasteiger partial charge in [-0.1, -0.05) is 0 Å². The minimum Gasteiger partial charge on any atom is -0.444 e. The number of nitrogens with two attached hydrogens (primary N) is 1. The highest BCUT2D eigenvalue weighted by atomic mass is 32.2. The van der Waals surface area contributed by atoms with Crippen molar-refractivity contribution >= 4 is 17.9 Å². The lowest BCUT2D eigenvalue weighted by atomic mass is 9.92. The molecular formula is C13H24N2O2S. The maximum absolute atomic E-state index is 12.2. The number of ether oxygens (including phenoxy) is 1. The molecule has 0 aromatic rings. The number of nitrogens with zero attached hydrogens (tertiary/aromatic N) is 1. The summed E-state index contributed by atoms with van der Waals surface area (Å²) in [7, 11) is 0. The number of rotatable bonds is 0. The maximum atomic E-state index is 12.2. The van der Waals surface area contributed by atoms with Gasteiger partial charge >= 0.3 is 6.09 Å². The van der Waals surface area contributed by atoms with Crippen molar-refractivity contribution in [3.63, 3.8) is 0 Å². The molecular weight excluding hydrogens is 248 g/mol. The molecule has 2 rings (SSSR count). The zero-order chi connectivity index (χ0) is 13.3. The molecule has 2 aliphatic rings. The smallest absolute Gasteiger partial charge is 0.410 e. The summed E-state index contributed by atoms with van der Waals surface area (Å²) in [6, 6.07) is 0.395. The minimum absolute atomic E-state index is 0.112. The van der Waals surface area contributed by atoms with Crippen LogP contribution in [-0.2, 0) is 4.74 Å². The average molecular weight is 272 g/mol. The van der Waals surface area contributed by atoms with E-state index >= 15 is 0 Å². The van der Waals surface area contributed by atoms with Gasteiger partial charge in [-0.15, -0.1) is 0 Å². The van der Waals surface area contributed by atoms with E-state index in [1.807, 2.05) is 37.4 Å². The number of hydrogen-bond acceptors (Lipinski definition) is 4. The van der Waals surface area contributed by atoms with E-state index in [9.17, 15) is 4.79 Å². The summed E-state index contributed by atoms with van der Waals surface area (Å²) >= 11 is 1.97. The Labute approximate surface area is 114 Å². The number of likely N-dealkylation sites (tertiary alicyclic amines) is 1. The summed E-state index contributed by atoms with van der Waals surface area (Å²) < 4.78 is 5.48. The largest absolute Gasteiger partial charge is 0.444 e. The topological polar surface area (TPSA) is 55.6 Å². The quantitative estimate of drug-likeness (QED) is 0.733. The summed E-state index contributed by atoms with van der Waals surface area (Å²) in [5.41, 5.74) is 5.76. The van der Waals surface area contributed by atoms with Crippen molar-refractivity contribution < 1.29 is 9.53 Å². The van der Waals surface area contributed by atoms with Crippen LogP contribution in [0.3, 0.4) is 0 Å². The van der Waals surface area contributed by atoms with Crippen LogP contribution in [0.4, 0.5) is 4.79 Å². The number of carbonyl (C=O) groups is 1. The molecule has 0 aliphatic carbocycles. The number of hydrogen-bond donors (Lipinski definition) is 1. The fraction of sp³-hybridized carbons (Fsp3) is 0.923. The Morgan fingerprint density at radius 3 is 2.67 bits per heavy atom. The molecule has 2 fully saturated rings.